The molecule has 0 aliphatic carbocycles. The Hall–Kier alpha value is -2.67. The number of fused-ring (bicyclic) bond motifs is 1. The number of rotatable bonds is 4. The maximum absolute atomic E-state index is 13.2. The van der Waals surface area contributed by atoms with Crippen molar-refractivity contribution in [3.05, 3.63) is 36.2 Å². The maximum Gasteiger partial charge on any atom is 0.243 e. The molecule has 142 valence electrons. The van der Waals surface area contributed by atoms with Gasteiger partial charge in [-0.25, -0.2) is 9.97 Å². The van der Waals surface area contributed by atoms with Crippen molar-refractivity contribution in [3.63, 3.8) is 0 Å². The molecule has 1 N–H and O–H groups in total. The number of carbonyl (C=O) groups is 1. The molecule has 2 aliphatic heterocycles. The van der Waals surface area contributed by atoms with Gasteiger partial charge in [0, 0.05) is 25.3 Å². The number of aromatic nitrogens is 2. The van der Waals surface area contributed by atoms with Crippen LogP contribution in [0.15, 0.2) is 30.6 Å². The van der Waals surface area contributed by atoms with Crippen molar-refractivity contribution < 1.29 is 9.53 Å². The molecule has 0 bridgehead atoms. The highest BCUT2D eigenvalue weighted by atomic mass is 16.5. The molecule has 3 heterocycles. The Labute approximate surface area is 159 Å². The van der Waals surface area contributed by atoms with Crippen LogP contribution in [-0.4, -0.2) is 48.7 Å². The highest BCUT2D eigenvalue weighted by Crippen LogP contribution is 2.46. The SMILES string of the molecule is CCNc1ncnc2c1C(C)(C)C(=O)N2c1ccc(N2CCOCC2)cc1. The summed E-state index contributed by atoms with van der Waals surface area (Å²) in [4.78, 5) is 26.0. The van der Waals surface area contributed by atoms with Crippen molar-refractivity contribution in [2.75, 3.05) is 48.0 Å². The molecule has 0 saturated carbocycles. The number of hydrogen-bond donors (Lipinski definition) is 1. The zero-order chi connectivity index (χ0) is 19.0. The average Bonchev–Trinajstić information content (AvgIpc) is 2.90. The van der Waals surface area contributed by atoms with Gasteiger partial charge in [0.15, 0.2) is 0 Å². The molecule has 2 aromatic rings. The standard InChI is InChI=1S/C20H25N5O2/c1-4-21-17-16-18(23-13-22-17)25(19(26)20(16,2)3)15-7-5-14(6-8-15)24-9-11-27-12-10-24/h5-8,13H,4,9-12H2,1-3H3,(H,21,22,23). The first kappa shape index (κ1) is 17.7. The van der Waals surface area contributed by atoms with Crippen molar-refractivity contribution >= 4 is 28.9 Å². The minimum Gasteiger partial charge on any atom is -0.378 e. The van der Waals surface area contributed by atoms with Crippen LogP contribution >= 0.6 is 0 Å². The van der Waals surface area contributed by atoms with E-state index in [2.05, 4.69) is 32.3 Å². The van der Waals surface area contributed by atoms with Crippen LogP contribution in [0.25, 0.3) is 0 Å². The molecule has 0 atom stereocenters. The Bertz CT molecular complexity index is 844. The molecule has 7 nitrogen and oxygen atoms in total. The lowest BCUT2D eigenvalue weighted by atomic mass is 9.87. The smallest absolute Gasteiger partial charge is 0.243 e. The first-order valence-corrected chi connectivity index (χ1v) is 9.40. The number of ether oxygens (including phenoxy) is 1. The van der Waals surface area contributed by atoms with Crippen LogP contribution in [0.2, 0.25) is 0 Å². The monoisotopic (exact) mass is 367 g/mol. The first-order chi connectivity index (χ1) is 13.0. The third-order valence-electron chi connectivity index (χ3n) is 5.23. The van der Waals surface area contributed by atoms with E-state index in [1.807, 2.05) is 32.9 Å². The van der Waals surface area contributed by atoms with E-state index in [0.29, 0.717) is 5.82 Å². The second-order valence-corrected chi connectivity index (χ2v) is 7.33. The Morgan fingerprint density at radius 2 is 1.78 bits per heavy atom. The lowest BCUT2D eigenvalue weighted by molar-refractivity contribution is -0.121. The molecule has 4 rings (SSSR count). The summed E-state index contributed by atoms with van der Waals surface area (Å²) in [6.07, 6.45) is 1.51. The van der Waals surface area contributed by atoms with E-state index in [1.165, 1.54) is 6.33 Å². The summed E-state index contributed by atoms with van der Waals surface area (Å²) in [5.41, 5.74) is 2.14. The summed E-state index contributed by atoms with van der Waals surface area (Å²) in [6.45, 7) is 9.88. The van der Waals surface area contributed by atoms with Crippen molar-refractivity contribution in [2.24, 2.45) is 0 Å². The minimum atomic E-state index is -0.684. The molecule has 0 radical (unpaired) electrons. The minimum absolute atomic E-state index is 0.0104. The van der Waals surface area contributed by atoms with E-state index >= 15 is 0 Å². The van der Waals surface area contributed by atoms with Gasteiger partial charge in [-0.3, -0.25) is 9.69 Å². The topological polar surface area (TPSA) is 70.6 Å². The summed E-state index contributed by atoms with van der Waals surface area (Å²) in [5.74, 6) is 1.40. The average molecular weight is 367 g/mol. The molecular weight excluding hydrogens is 342 g/mol. The Kier molecular flexibility index (Phi) is 4.47. The van der Waals surface area contributed by atoms with Crippen molar-refractivity contribution in [2.45, 2.75) is 26.2 Å². The fourth-order valence-electron chi connectivity index (χ4n) is 3.78. The molecule has 1 saturated heterocycles. The summed E-state index contributed by atoms with van der Waals surface area (Å²) in [7, 11) is 0. The van der Waals surface area contributed by atoms with Crippen molar-refractivity contribution in [1.29, 1.82) is 0 Å². The number of morpholine rings is 1. The van der Waals surface area contributed by atoms with Gasteiger partial charge in [0.05, 0.1) is 29.9 Å². The van der Waals surface area contributed by atoms with E-state index in [1.54, 1.807) is 4.90 Å². The molecule has 0 spiro atoms. The molecule has 7 heteroatoms. The van der Waals surface area contributed by atoms with Crippen molar-refractivity contribution in [3.8, 4) is 0 Å². The van der Waals surface area contributed by atoms with Crippen LogP contribution in [0, 0.1) is 0 Å². The van der Waals surface area contributed by atoms with Gasteiger partial charge in [0.2, 0.25) is 5.91 Å². The van der Waals surface area contributed by atoms with Crippen LogP contribution in [0.5, 0.6) is 0 Å². The van der Waals surface area contributed by atoms with Gasteiger partial charge in [-0.15, -0.1) is 0 Å². The molecule has 1 amide bonds. The zero-order valence-electron chi connectivity index (χ0n) is 16.0. The highest BCUT2D eigenvalue weighted by molar-refractivity contribution is 6.12. The van der Waals surface area contributed by atoms with E-state index < -0.39 is 5.41 Å². The number of amides is 1. The summed E-state index contributed by atoms with van der Waals surface area (Å²) < 4.78 is 5.42. The van der Waals surface area contributed by atoms with Crippen LogP contribution in [0.4, 0.5) is 23.0 Å². The van der Waals surface area contributed by atoms with Gasteiger partial charge in [-0.1, -0.05) is 0 Å². The fourth-order valence-corrected chi connectivity index (χ4v) is 3.78. The molecule has 1 aromatic heterocycles. The van der Waals surface area contributed by atoms with Crippen LogP contribution in [-0.2, 0) is 14.9 Å². The Balaban J connectivity index is 1.70. The third kappa shape index (κ3) is 2.92. The summed E-state index contributed by atoms with van der Waals surface area (Å²) in [6, 6.07) is 8.10. The Morgan fingerprint density at radius 1 is 1.11 bits per heavy atom. The van der Waals surface area contributed by atoms with Gasteiger partial charge in [0.25, 0.3) is 0 Å². The van der Waals surface area contributed by atoms with E-state index in [4.69, 9.17) is 4.74 Å². The summed E-state index contributed by atoms with van der Waals surface area (Å²) in [5, 5.41) is 3.26. The second kappa shape index (κ2) is 6.81. The van der Waals surface area contributed by atoms with Gasteiger partial charge in [0.1, 0.15) is 18.0 Å². The summed E-state index contributed by atoms with van der Waals surface area (Å²) >= 11 is 0. The zero-order valence-corrected chi connectivity index (χ0v) is 16.0. The van der Waals surface area contributed by atoms with E-state index in [9.17, 15) is 4.79 Å². The lowest BCUT2D eigenvalue weighted by Crippen LogP contribution is -2.36. The van der Waals surface area contributed by atoms with E-state index in [-0.39, 0.29) is 5.91 Å². The number of nitrogens with one attached hydrogen (secondary N) is 1. The normalized spacial score (nSPS) is 18.6. The molecule has 1 fully saturated rings. The predicted molar refractivity (Wildman–Crippen MR) is 106 cm³/mol. The molecule has 27 heavy (non-hydrogen) atoms. The highest BCUT2D eigenvalue weighted by Gasteiger charge is 2.47. The first-order valence-electron chi connectivity index (χ1n) is 9.40. The number of nitrogens with zero attached hydrogens (tertiary/aromatic N) is 4. The lowest BCUT2D eigenvalue weighted by Gasteiger charge is -2.29. The van der Waals surface area contributed by atoms with Crippen LogP contribution in [0.3, 0.4) is 0 Å². The number of carbonyl (C=O) groups excluding carboxylic acids is 1. The molecule has 2 aliphatic rings. The molecule has 1 aromatic carbocycles. The third-order valence-corrected chi connectivity index (χ3v) is 5.23. The largest absolute Gasteiger partial charge is 0.378 e. The number of hydrogen-bond acceptors (Lipinski definition) is 6. The van der Waals surface area contributed by atoms with Crippen LogP contribution < -0.4 is 15.1 Å². The quantitative estimate of drug-likeness (QED) is 0.896. The van der Waals surface area contributed by atoms with Gasteiger partial charge < -0.3 is 15.0 Å². The van der Waals surface area contributed by atoms with Crippen molar-refractivity contribution in [1.82, 2.24) is 9.97 Å². The van der Waals surface area contributed by atoms with Gasteiger partial charge >= 0.3 is 0 Å². The Morgan fingerprint density at radius 3 is 2.44 bits per heavy atom. The van der Waals surface area contributed by atoms with Crippen LogP contribution in [0.1, 0.15) is 26.3 Å². The fraction of sp³-hybridized carbons (Fsp3) is 0.450. The number of anilines is 4. The second-order valence-electron chi connectivity index (χ2n) is 7.33. The van der Waals surface area contributed by atoms with Gasteiger partial charge in [-0.05, 0) is 45.0 Å². The molecular formula is C20H25N5O2. The van der Waals surface area contributed by atoms with Gasteiger partial charge in [-0.2, -0.15) is 0 Å². The molecule has 0 unspecified atom stereocenters. The number of benzene rings is 1. The predicted octanol–water partition coefficient (Wildman–Crippen LogP) is 2.70. The van der Waals surface area contributed by atoms with E-state index in [0.717, 1.165) is 55.6 Å². The maximum atomic E-state index is 13.2.